The highest BCUT2D eigenvalue weighted by Crippen LogP contribution is 2.20. The van der Waals surface area contributed by atoms with Crippen LogP contribution in [0.4, 0.5) is 0 Å². The SMILES string of the molecule is I.NC(=NCCCOC1CCCCC1)NC1CC1. The molecule has 18 heavy (non-hydrogen) atoms. The highest BCUT2D eigenvalue weighted by molar-refractivity contribution is 14.0. The van der Waals surface area contributed by atoms with Crippen LogP contribution < -0.4 is 11.1 Å². The van der Waals surface area contributed by atoms with Crippen LogP contribution in [0, 0.1) is 0 Å². The number of rotatable bonds is 6. The van der Waals surface area contributed by atoms with Gasteiger partial charge in [-0.3, -0.25) is 4.99 Å². The Morgan fingerprint density at radius 3 is 2.56 bits per heavy atom. The van der Waals surface area contributed by atoms with Gasteiger partial charge in [0.25, 0.3) is 0 Å². The van der Waals surface area contributed by atoms with E-state index in [0.717, 1.165) is 19.6 Å². The van der Waals surface area contributed by atoms with Gasteiger partial charge in [-0.25, -0.2) is 0 Å². The lowest BCUT2D eigenvalue weighted by Crippen LogP contribution is -2.33. The number of nitrogens with zero attached hydrogens (tertiary/aromatic N) is 1. The molecule has 0 aromatic heterocycles. The summed E-state index contributed by atoms with van der Waals surface area (Å²) < 4.78 is 5.83. The Hall–Kier alpha value is -0.0400. The Morgan fingerprint density at radius 1 is 1.17 bits per heavy atom. The van der Waals surface area contributed by atoms with Crippen molar-refractivity contribution in [3.8, 4) is 0 Å². The Kier molecular flexibility index (Phi) is 7.97. The van der Waals surface area contributed by atoms with Gasteiger partial charge < -0.3 is 15.8 Å². The molecule has 0 heterocycles. The summed E-state index contributed by atoms with van der Waals surface area (Å²) >= 11 is 0. The molecule has 3 N–H and O–H groups in total. The standard InChI is InChI=1S/C13H25N3O.HI/c14-13(16-11-7-8-11)15-9-4-10-17-12-5-2-1-3-6-12;/h11-12H,1-10H2,(H3,14,15,16);1H. The number of hydrogen-bond acceptors (Lipinski definition) is 2. The molecule has 0 atom stereocenters. The minimum atomic E-state index is 0. The van der Waals surface area contributed by atoms with E-state index in [0.29, 0.717) is 18.1 Å². The van der Waals surface area contributed by atoms with Crippen LogP contribution in [0.3, 0.4) is 0 Å². The topological polar surface area (TPSA) is 59.6 Å². The van der Waals surface area contributed by atoms with E-state index in [4.69, 9.17) is 10.5 Å². The fraction of sp³-hybridized carbons (Fsp3) is 0.923. The predicted octanol–water partition coefficient (Wildman–Crippen LogP) is 2.41. The minimum Gasteiger partial charge on any atom is -0.378 e. The Balaban J connectivity index is 0.00000162. The molecule has 2 fully saturated rings. The van der Waals surface area contributed by atoms with Crippen molar-refractivity contribution in [2.45, 2.75) is 63.5 Å². The average Bonchev–Trinajstić information content (AvgIpc) is 3.14. The van der Waals surface area contributed by atoms with Crippen molar-refractivity contribution in [1.29, 1.82) is 0 Å². The summed E-state index contributed by atoms with van der Waals surface area (Å²) in [6, 6.07) is 0.595. The van der Waals surface area contributed by atoms with Crippen molar-refractivity contribution in [2.75, 3.05) is 13.2 Å². The molecule has 0 radical (unpaired) electrons. The Labute approximate surface area is 127 Å². The zero-order valence-corrected chi connectivity index (χ0v) is 13.4. The molecule has 0 amide bonds. The van der Waals surface area contributed by atoms with Gasteiger partial charge in [-0.05, 0) is 32.1 Å². The van der Waals surface area contributed by atoms with Gasteiger partial charge >= 0.3 is 0 Å². The number of halogens is 1. The summed E-state index contributed by atoms with van der Waals surface area (Å²) in [6.45, 7) is 1.60. The second-order valence-corrected chi connectivity index (χ2v) is 5.17. The molecule has 2 rings (SSSR count). The van der Waals surface area contributed by atoms with Gasteiger partial charge in [-0.2, -0.15) is 0 Å². The number of guanidine groups is 1. The van der Waals surface area contributed by atoms with Gasteiger partial charge in [0, 0.05) is 19.2 Å². The van der Waals surface area contributed by atoms with Gasteiger partial charge in [-0.1, -0.05) is 19.3 Å². The van der Waals surface area contributed by atoms with Crippen LogP contribution in [-0.2, 0) is 4.74 Å². The van der Waals surface area contributed by atoms with Crippen LogP contribution in [0.2, 0.25) is 0 Å². The predicted molar refractivity (Wildman–Crippen MR) is 85.5 cm³/mol. The average molecular weight is 367 g/mol. The zero-order chi connectivity index (χ0) is 11.9. The third-order valence-corrected chi connectivity index (χ3v) is 3.42. The second kappa shape index (κ2) is 8.96. The number of nitrogens with two attached hydrogens (primary N) is 1. The molecule has 2 saturated carbocycles. The lowest BCUT2D eigenvalue weighted by molar-refractivity contribution is 0.0281. The zero-order valence-electron chi connectivity index (χ0n) is 11.1. The first-order valence-electron chi connectivity index (χ1n) is 7.02. The van der Waals surface area contributed by atoms with E-state index in [1.807, 2.05) is 0 Å². The van der Waals surface area contributed by atoms with Crippen LogP contribution in [0.5, 0.6) is 0 Å². The summed E-state index contributed by atoms with van der Waals surface area (Å²) in [6.07, 6.45) is 10.5. The van der Waals surface area contributed by atoms with Crippen molar-refractivity contribution in [2.24, 2.45) is 10.7 Å². The van der Waals surface area contributed by atoms with Gasteiger partial charge in [-0.15, -0.1) is 24.0 Å². The van der Waals surface area contributed by atoms with Gasteiger partial charge in [0.15, 0.2) is 5.96 Å². The van der Waals surface area contributed by atoms with Gasteiger partial charge in [0.2, 0.25) is 0 Å². The van der Waals surface area contributed by atoms with Gasteiger partial charge in [0.1, 0.15) is 0 Å². The molecule has 0 spiro atoms. The molecule has 5 heteroatoms. The summed E-state index contributed by atoms with van der Waals surface area (Å²) in [5.41, 5.74) is 5.74. The molecule has 2 aliphatic carbocycles. The maximum atomic E-state index is 5.83. The van der Waals surface area contributed by atoms with E-state index in [1.165, 1.54) is 44.9 Å². The monoisotopic (exact) mass is 367 g/mol. The fourth-order valence-corrected chi connectivity index (χ4v) is 2.23. The maximum absolute atomic E-state index is 5.83. The molecule has 4 nitrogen and oxygen atoms in total. The van der Waals surface area contributed by atoms with E-state index in [2.05, 4.69) is 10.3 Å². The lowest BCUT2D eigenvalue weighted by Gasteiger charge is -2.21. The molecular formula is C13H26IN3O. The molecule has 0 aliphatic heterocycles. The smallest absolute Gasteiger partial charge is 0.188 e. The van der Waals surface area contributed by atoms with Crippen LogP contribution in [0.25, 0.3) is 0 Å². The summed E-state index contributed by atoms with van der Waals surface area (Å²) in [7, 11) is 0. The van der Waals surface area contributed by atoms with E-state index in [9.17, 15) is 0 Å². The van der Waals surface area contributed by atoms with Crippen molar-refractivity contribution in [3.63, 3.8) is 0 Å². The first-order chi connectivity index (χ1) is 8.34. The highest BCUT2D eigenvalue weighted by Gasteiger charge is 2.21. The van der Waals surface area contributed by atoms with E-state index >= 15 is 0 Å². The van der Waals surface area contributed by atoms with Gasteiger partial charge in [0.05, 0.1) is 6.10 Å². The third kappa shape index (κ3) is 6.78. The molecule has 0 unspecified atom stereocenters. The molecule has 106 valence electrons. The van der Waals surface area contributed by atoms with E-state index < -0.39 is 0 Å². The molecule has 0 aromatic rings. The Bertz CT molecular complexity index is 251. The number of hydrogen-bond donors (Lipinski definition) is 2. The molecule has 0 aromatic carbocycles. The van der Waals surface area contributed by atoms with Crippen molar-refractivity contribution in [3.05, 3.63) is 0 Å². The van der Waals surface area contributed by atoms with Crippen LogP contribution in [0.15, 0.2) is 4.99 Å². The van der Waals surface area contributed by atoms with Crippen LogP contribution in [0.1, 0.15) is 51.4 Å². The molecular weight excluding hydrogens is 341 g/mol. The van der Waals surface area contributed by atoms with Crippen molar-refractivity contribution in [1.82, 2.24) is 5.32 Å². The second-order valence-electron chi connectivity index (χ2n) is 5.17. The third-order valence-electron chi connectivity index (χ3n) is 3.42. The molecule has 0 bridgehead atoms. The van der Waals surface area contributed by atoms with Crippen LogP contribution >= 0.6 is 24.0 Å². The van der Waals surface area contributed by atoms with E-state index in [1.54, 1.807) is 0 Å². The molecule has 0 saturated heterocycles. The number of aliphatic imine (C=N–C) groups is 1. The largest absolute Gasteiger partial charge is 0.378 e. The maximum Gasteiger partial charge on any atom is 0.188 e. The molecule has 2 aliphatic rings. The summed E-state index contributed by atoms with van der Waals surface area (Å²) in [4.78, 5) is 4.29. The number of ether oxygens (including phenoxy) is 1. The van der Waals surface area contributed by atoms with E-state index in [-0.39, 0.29) is 24.0 Å². The fourth-order valence-electron chi connectivity index (χ4n) is 2.23. The first kappa shape index (κ1) is 16.0. The quantitative estimate of drug-likeness (QED) is 0.328. The van der Waals surface area contributed by atoms with Crippen molar-refractivity contribution < 1.29 is 4.74 Å². The minimum absolute atomic E-state index is 0. The summed E-state index contributed by atoms with van der Waals surface area (Å²) in [5.74, 6) is 0.602. The summed E-state index contributed by atoms with van der Waals surface area (Å²) in [5, 5.41) is 3.18. The van der Waals surface area contributed by atoms with Crippen molar-refractivity contribution >= 4 is 29.9 Å². The van der Waals surface area contributed by atoms with Crippen LogP contribution in [-0.4, -0.2) is 31.3 Å². The highest BCUT2D eigenvalue weighted by atomic mass is 127. The first-order valence-corrected chi connectivity index (χ1v) is 7.02. The number of nitrogens with one attached hydrogen (secondary N) is 1. The normalized spacial score (nSPS) is 21.4. The lowest BCUT2D eigenvalue weighted by atomic mass is 9.98. The Morgan fingerprint density at radius 2 is 1.89 bits per heavy atom.